The van der Waals surface area contributed by atoms with E-state index in [1.807, 2.05) is 17.0 Å². The Kier molecular flexibility index (Phi) is 4.63. The van der Waals surface area contributed by atoms with Gasteiger partial charge in [-0.25, -0.2) is 0 Å². The van der Waals surface area contributed by atoms with E-state index in [2.05, 4.69) is 68.8 Å². The molecule has 4 heteroatoms. The number of hydrogen-bond donors (Lipinski definition) is 1. The quantitative estimate of drug-likeness (QED) is 0.896. The van der Waals surface area contributed by atoms with E-state index >= 15 is 0 Å². The number of carbonyl (C=O) groups excluding carboxylic acids is 1. The Labute approximate surface area is 150 Å². The third-order valence-corrected chi connectivity index (χ3v) is 5.08. The summed E-state index contributed by atoms with van der Waals surface area (Å²) >= 11 is 0. The van der Waals surface area contributed by atoms with E-state index in [1.54, 1.807) is 6.20 Å². The van der Waals surface area contributed by atoms with Crippen LogP contribution in [-0.4, -0.2) is 41.0 Å². The van der Waals surface area contributed by atoms with Crippen LogP contribution in [0.25, 0.3) is 0 Å². The van der Waals surface area contributed by atoms with Gasteiger partial charge in [0.05, 0.1) is 0 Å². The van der Waals surface area contributed by atoms with Crippen LogP contribution in [-0.2, 0) is 5.41 Å². The molecule has 1 aromatic carbocycles. The van der Waals surface area contributed by atoms with Gasteiger partial charge in [-0.05, 0) is 49.1 Å². The molecule has 3 rings (SSSR count). The highest BCUT2D eigenvalue weighted by Gasteiger charge is 2.33. The number of anilines is 1. The lowest BCUT2D eigenvalue weighted by atomic mass is 9.87. The summed E-state index contributed by atoms with van der Waals surface area (Å²) in [6.07, 6.45) is 1.80. The Morgan fingerprint density at radius 1 is 1.04 bits per heavy atom. The van der Waals surface area contributed by atoms with Crippen molar-refractivity contribution in [2.75, 3.05) is 18.0 Å². The van der Waals surface area contributed by atoms with E-state index in [0.717, 1.165) is 13.1 Å². The minimum absolute atomic E-state index is 0.0905. The van der Waals surface area contributed by atoms with Gasteiger partial charge in [0, 0.05) is 37.1 Å². The molecule has 1 amide bonds. The number of amides is 1. The third kappa shape index (κ3) is 3.58. The molecule has 1 saturated heterocycles. The second kappa shape index (κ2) is 6.58. The highest BCUT2D eigenvalue weighted by molar-refractivity contribution is 5.93. The number of aromatic amines is 1. The standard InChI is InChI=1S/C21H29N3O/c1-15-13-23(18-10-8-17(9-11-18)21(3,4)5)14-16(2)24(15)20(25)19-7-6-12-22-19/h6-12,15-16,22H,13-14H2,1-5H3. The zero-order valence-corrected chi connectivity index (χ0v) is 15.9. The van der Waals surface area contributed by atoms with Crippen LogP contribution in [0.1, 0.15) is 50.7 Å². The first-order valence-electron chi connectivity index (χ1n) is 9.09. The molecular formula is C21H29N3O. The Morgan fingerprint density at radius 3 is 2.12 bits per heavy atom. The zero-order valence-electron chi connectivity index (χ0n) is 15.9. The number of carbonyl (C=O) groups is 1. The zero-order chi connectivity index (χ0) is 18.2. The second-order valence-corrected chi connectivity index (χ2v) is 8.20. The molecule has 1 aromatic heterocycles. The molecule has 0 aliphatic carbocycles. The topological polar surface area (TPSA) is 39.3 Å². The molecule has 0 spiro atoms. The summed E-state index contributed by atoms with van der Waals surface area (Å²) in [7, 11) is 0. The fourth-order valence-corrected chi connectivity index (χ4v) is 3.71. The number of piperazine rings is 1. The maximum absolute atomic E-state index is 12.8. The van der Waals surface area contributed by atoms with Gasteiger partial charge in [0.1, 0.15) is 5.69 Å². The maximum atomic E-state index is 12.8. The minimum Gasteiger partial charge on any atom is -0.367 e. The Morgan fingerprint density at radius 2 is 1.64 bits per heavy atom. The van der Waals surface area contributed by atoms with Gasteiger partial charge < -0.3 is 14.8 Å². The van der Waals surface area contributed by atoms with Crippen molar-refractivity contribution < 1.29 is 4.79 Å². The molecule has 2 aromatic rings. The molecule has 2 unspecified atom stereocenters. The summed E-state index contributed by atoms with van der Waals surface area (Å²) in [5.41, 5.74) is 3.42. The molecule has 0 radical (unpaired) electrons. The lowest BCUT2D eigenvalue weighted by molar-refractivity contribution is 0.0569. The van der Waals surface area contributed by atoms with Crippen molar-refractivity contribution in [3.63, 3.8) is 0 Å². The molecule has 1 aliphatic rings. The van der Waals surface area contributed by atoms with Crippen molar-refractivity contribution >= 4 is 11.6 Å². The highest BCUT2D eigenvalue weighted by Crippen LogP contribution is 2.27. The van der Waals surface area contributed by atoms with Crippen molar-refractivity contribution in [2.24, 2.45) is 0 Å². The van der Waals surface area contributed by atoms with E-state index in [9.17, 15) is 4.79 Å². The molecule has 4 nitrogen and oxygen atoms in total. The smallest absolute Gasteiger partial charge is 0.270 e. The number of hydrogen-bond acceptors (Lipinski definition) is 2. The van der Waals surface area contributed by atoms with E-state index < -0.39 is 0 Å². The van der Waals surface area contributed by atoms with E-state index in [4.69, 9.17) is 0 Å². The SMILES string of the molecule is CC1CN(c2ccc(C(C)(C)C)cc2)CC(C)N1C(=O)c1ccc[nH]1. The molecular weight excluding hydrogens is 310 g/mol. The second-order valence-electron chi connectivity index (χ2n) is 8.20. The molecule has 1 aliphatic heterocycles. The lowest BCUT2D eigenvalue weighted by Crippen LogP contribution is -2.58. The van der Waals surface area contributed by atoms with Crippen LogP contribution in [0.2, 0.25) is 0 Å². The average molecular weight is 339 g/mol. The fourth-order valence-electron chi connectivity index (χ4n) is 3.71. The van der Waals surface area contributed by atoms with E-state index in [1.165, 1.54) is 11.3 Å². The molecule has 2 atom stereocenters. The average Bonchev–Trinajstić information content (AvgIpc) is 3.08. The monoisotopic (exact) mass is 339 g/mol. The van der Waals surface area contributed by atoms with Gasteiger partial charge in [-0.3, -0.25) is 4.79 Å². The largest absolute Gasteiger partial charge is 0.367 e. The molecule has 2 heterocycles. The minimum atomic E-state index is 0.0905. The first-order chi connectivity index (χ1) is 11.8. The van der Waals surface area contributed by atoms with Crippen LogP contribution in [0.15, 0.2) is 42.6 Å². The van der Waals surface area contributed by atoms with Gasteiger partial charge >= 0.3 is 0 Å². The highest BCUT2D eigenvalue weighted by atomic mass is 16.2. The van der Waals surface area contributed by atoms with Gasteiger partial charge in [0.2, 0.25) is 0 Å². The number of H-pyrrole nitrogens is 1. The van der Waals surface area contributed by atoms with Crippen molar-refractivity contribution in [3.8, 4) is 0 Å². The van der Waals surface area contributed by atoms with Gasteiger partial charge in [0.25, 0.3) is 5.91 Å². The summed E-state index contributed by atoms with van der Waals surface area (Å²) in [5.74, 6) is 0.0905. The molecule has 1 N–H and O–H groups in total. The maximum Gasteiger partial charge on any atom is 0.270 e. The lowest BCUT2D eigenvalue weighted by Gasteiger charge is -2.45. The predicted octanol–water partition coefficient (Wildman–Crippen LogP) is 4.05. The van der Waals surface area contributed by atoms with E-state index in [0.29, 0.717) is 5.69 Å². The molecule has 0 bridgehead atoms. The van der Waals surface area contributed by atoms with Crippen LogP contribution in [0.5, 0.6) is 0 Å². The van der Waals surface area contributed by atoms with Gasteiger partial charge in [-0.1, -0.05) is 32.9 Å². The van der Waals surface area contributed by atoms with Crippen molar-refractivity contribution in [1.29, 1.82) is 0 Å². The van der Waals surface area contributed by atoms with Crippen LogP contribution in [0.3, 0.4) is 0 Å². The first kappa shape index (κ1) is 17.6. The van der Waals surface area contributed by atoms with E-state index in [-0.39, 0.29) is 23.4 Å². The van der Waals surface area contributed by atoms with Gasteiger partial charge in [-0.15, -0.1) is 0 Å². The number of aromatic nitrogens is 1. The summed E-state index contributed by atoms with van der Waals surface area (Å²) in [6, 6.07) is 12.9. The van der Waals surface area contributed by atoms with Crippen LogP contribution < -0.4 is 4.90 Å². The molecule has 0 saturated carbocycles. The Bertz CT molecular complexity index is 701. The van der Waals surface area contributed by atoms with Gasteiger partial charge in [-0.2, -0.15) is 0 Å². The van der Waals surface area contributed by atoms with Crippen molar-refractivity contribution in [2.45, 2.75) is 52.1 Å². The van der Waals surface area contributed by atoms with Crippen molar-refractivity contribution in [1.82, 2.24) is 9.88 Å². The number of rotatable bonds is 2. The summed E-state index contributed by atoms with van der Waals surface area (Å²) in [5, 5.41) is 0. The Hall–Kier alpha value is -2.23. The molecule has 25 heavy (non-hydrogen) atoms. The van der Waals surface area contributed by atoms with Crippen LogP contribution >= 0.6 is 0 Å². The number of nitrogens with zero attached hydrogens (tertiary/aromatic N) is 2. The van der Waals surface area contributed by atoms with Gasteiger partial charge in [0.15, 0.2) is 0 Å². The predicted molar refractivity (Wildman–Crippen MR) is 103 cm³/mol. The summed E-state index contributed by atoms with van der Waals surface area (Å²) < 4.78 is 0. The third-order valence-electron chi connectivity index (χ3n) is 5.08. The number of nitrogens with one attached hydrogen (secondary N) is 1. The summed E-state index contributed by atoms with van der Waals surface area (Å²) in [4.78, 5) is 20.2. The fraction of sp³-hybridized carbons (Fsp3) is 0.476. The first-order valence-corrected chi connectivity index (χ1v) is 9.09. The Balaban J connectivity index is 1.74. The van der Waals surface area contributed by atoms with Crippen LogP contribution in [0, 0.1) is 0 Å². The van der Waals surface area contributed by atoms with Crippen molar-refractivity contribution in [3.05, 3.63) is 53.9 Å². The molecule has 1 fully saturated rings. The van der Waals surface area contributed by atoms with Crippen LogP contribution in [0.4, 0.5) is 5.69 Å². The molecule has 134 valence electrons. The number of benzene rings is 1. The summed E-state index contributed by atoms with van der Waals surface area (Å²) in [6.45, 7) is 12.7. The normalized spacial score (nSPS) is 21.5.